The second-order valence-electron chi connectivity index (χ2n) is 5.80. The summed E-state index contributed by atoms with van der Waals surface area (Å²) in [5.74, 6) is -2.00. The van der Waals surface area contributed by atoms with Crippen molar-refractivity contribution in [3.63, 3.8) is 0 Å². The summed E-state index contributed by atoms with van der Waals surface area (Å²) in [7, 11) is 0. The minimum Gasteiger partial charge on any atom is -0.477 e. The molecule has 3 aromatic rings. The van der Waals surface area contributed by atoms with Gasteiger partial charge in [0.2, 0.25) is 0 Å². The Kier molecular flexibility index (Phi) is 6.06. The van der Waals surface area contributed by atoms with Crippen molar-refractivity contribution in [2.24, 2.45) is 0 Å². The summed E-state index contributed by atoms with van der Waals surface area (Å²) in [4.78, 5) is 35.4. The number of carboxylic acid groups (broad SMARTS) is 1. The smallest absolute Gasteiger partial charge is 0.352 e. The summed E-state index contributed by atoms with van der Waals surface area (Å²) >= 11 is 7.51. The molecule has 1 amide bonds. The molecule has 0 aliphatic carbocycles. The highest BCUT2D eigenvalue weighted by Crippen LogP contribution is 2.33. The number of halogens is 1. The van der Waals surface area contributed by atoms with Crippen LogP contribution in [0.3, 0.4) is 0 Å². The van der Waals surface area contributed by atoms with Crippen LogP contribution in [0.25, 0.3) is 16.5 Å². The Labute approximate surface area is 174 Å². The van der Waals surface area contributed by atoms with Crippen LogP contribution in [0.1, 0.15) is 15.2 Å². The first-order chi connectivity index (χ1) is 13.8. The van der Waals surface area contributed by atoms with Gasteiger partial charge in [-0.1, -0.05) is 29.8 Å². The van der Waals surface area contributed by atoms with Gasteiger partial charge in [0, 0.05) is 38.0 Å². The molecule has 0 bridgehead atoms. The van der Waals surface area contributed by atoms with Gasteiger partial charge in [-0.3, -0.25) is 14.9 Å². The first kappa shape index (κ1) is 20.2. The topological polar surface area (TPSA) is 110 Å². The normalized spacial score (nSPS) is 11.1. The second-order valence-corrected chi connectivity index (χ2v) is 7.33. The third-order valence-corrected chi connectivity index (χ3v) is 5.27. The van der Waals surface area contributed by atoms with E-state index < -0.39 is 16.8 Å². The largest absolute Gasteiger partial charge is 0.477 e. The van der Waals surface area contributed by atoms with E-state index in [9.17, 15) is 24.8 Å². The van der Waals surface area contributed by atoms with Gasteiger partial charge in [0.05, 0.1) is 4.92 Å². The molecule has 29 heavy (non-hydrogen) atoms. The fraction of sp³-hybridized carbons (Fsp3) is 0. The number of nitro benzene ring substituents is 1. The first-order valence-corrected chi connectivity index (χ1v) is 9.40. The Bertz CT molecular complexity index is 1120. The number of amides is 1. The van der Waals surface area contributed by atoms with Gasteiger partial charge in [-0.2, -0.15) is 0 Å². The van der Waals surface area contributed by atoms with Crippen LogP contribution in [-0.2, 0) is 4.79 Å². The van der Waals surface area contributed by atoms with Crippen LogP contribution in [0, 0.1) is 10.1 Å². The van der Waals surface area contributed by atoms with Gasteiger partial charge in [0.25, 0.3) is 11.6 Å². The molecule has 0 saturated heterocycles. The van der Waals surface area contributed by atoms with E-state index in [0.717, 1.165) is 10.4 Å². The van der Waals surface area contributed by atoms with Gasteiger partial charge in [0.1, 0.15) is 5.70 Å². The molecule has 3 rings (SSSR count). The molecule has 146 valence electrons. The molecule has 2 aromatic carbocycles. The predicted molar refractivity (Wildman–Crippen MR) is 111 cm³/mol. The molecule has 2 N–H and O–H groups in total. The zero-order valence-electron chi connectivity index (χ0n) is 14.7. The lowest BCUT2D eigenvalue weighted by molar-refractivity contribution is -0.384. The van der Waals surface area contributed by atoms with Gasteiger partial charge in [-0.25, -0.2) is 4.79 Å². The van der Waals surface area contributed by atoms with E-state index in [0.29, 0.717) is 9.90 Å². The van der Waals surface area contributed by atoms with Crippen LogP contribution in [0.5, 0.6) is 0 Å². The molecule has 0 aliphatic rings. The summed E-state index contributed by atoms with van der Waals surface area (Å²) in [6.45, 7) is 0. The fourth-order valence-electron chi connectivity index (χ4n) is 2.46. The van der Waals surface area contributed by atoms with E-state index in [1.807, 2.05) is 24.3 Å². The van der Waals surface area contributed by atoms with E-state index in [1.165, 1.54) is 41.7 Å². The molecule has 7 nitrogen and oxygen atoms in total. The Balaban J connectivity index is 1.82. The Morgan fingerprint density at radius 1 is 1.07 bits per heavy atom. The number of carboxylic acids is 1. The summed E-state index contributed by atoms with van der Waals surface area (Å²) < 4.78 is 0. The number of rotatable bonds is 6. The number of aliphatic carboxylic acids is 1. The van der Waals surface area contributed by atoms with Crippen LogP contribution in [-0.4, -0.2) is 21.9 Å². The van der Waals surface area contributed by atoms with Crippen LogP contribution >= 0.6 is 22.9 Å². The van der Waals surface area contributed by atoms with Crippen LogP contribution in [0.15, 0.2) is 66.4 Å². The van der Waals surface area contributed by atoms with E-state index in [2.05, 4.69) is 5.32 Å². The minimum absolute atomic E-state index is 0.102. The van der Waals surface area contributed by atoms with Crippen LogP contribution in [0.4, 0.5) is 5.69 Å². The lowest BCUT2D eigenvalue weighted by Crippen LogP contribution is -2.27. The second kappa shape index (κ2) is 8.68. The van der Waals surface area contributed by atoms with Gasteiger partial charge in [-0.05, 0) is 36.4 Å². The number of hydrogen-bond acceptors (Lipinski definition) is 5. The average molecular weight is 429 g/mol. The molecule has 9 heteroatoms. The number of carbonyl (C=O) groups is 2. The number of thiophene rings is 1. The summed E-state index contributed by atoms with van der Waals surface area (Å²) in [5, 5.41) is 23.0. The van der Waals surface area contributed by atoms with E-state index in [4.69, 9.17) is 11.6 Å². The molecule has 0 aliphatic heterocycles. The minimum atomic E-state index is -1.31. The van der Waals surface area contributed by atoms with Crippen molar-refractivity contribution in [3.05, 3.63) is 91.9 Å². The first-order valence-electron chi connectivity index (χ1n) is 8.20. The van der Waals surface area contributed by atoms with Crippen molar-refractivity contribution in [1.29, 1.82) is 0 Å². The maximum atomic E-state index is 12.3. The maximum Gasteiger partial charge on any atom is 0.352 e. The SMILES string of the molecule is O=C(O)/C(=C\c1ccc(-c2ccccc2Cl)s1)NC(=O)c1ccc([N+](=O)[O-])cc1. The number of non-ortho nitro benzene ring substituents is 1. The zero-order chi connectivity index (χ0) is 21.0. The van der Waals surface area contributed by atoms with E-state index in [-0.39, 0.29) is 16.9 Å². The fourth-order valence-corrected chi connectivity index (χ4v) is 3.74. The monoisotopic (exact) mass is 428 g/mol. The number of nitrogens with zero attached hydrogens (tertiary/aromatic N) is 1. The third-order valence-electron chi connectivity index (χ3n) is 3.87. The molecule has 0 unspecified atom stereocenters. The number of carbonyl (C=O) groups excluding carboxylic acids is 1. The van der Waals surface area contributed by atoms with E-state index in [1.54, 1.807) is 12.1 Å². The molecule has 0 fully saturated rings. The lowest BCUT2D eigenvalue weighted by Gasteiger charge is -2.05. The molecular weight excluding hydrogens is 416 g/mol. The highest BCUT2D eigenvalue weighted by atomic mass is 35.5. The van der Waals surface area contributed by atoms with Crippen molar-refractivity contribution >= 4 is 46.6 Å². The molecule has 0 atom stereocenters. The van der Waals surface area contributed by atoms with Crippen molar-refractivity contribution < 1.29 is 19.6 Å². The Morgan fingerprint density at radius 2 is 1.76 bits per heavy atom. The van der Waals surface area contributed by atoms with Crippen molar-refractivity contribution in [2.45, 2.75) is 0 Å². The highest BCUT2D eigenvalue weighted by molar-refractivity contribution is 7.16. The quantitative estimate of drug-likeness (QED) is 0.332. The molecule has 0 radical (unpaired) electrons. The highest BCUT2D eigenvalue weighted by Gasteiger charge is 2.15. The van der Waals surface area contributed by atoms with Gasteiger partial charge < -0.3 is 10.4 Å². The summed E-state index contributed by atoms with van der Waals surface area (Å²) in [6, 6.07) is 15.7. The zero-order valence-corrected chi connectivity index (χ0v) is 16.2. The average Bonchev–Trinajstić information content (AvgIpc) is 3.16. The van der Waals surface area contributed by atoms with Crippen LogP contribution < -0.4 is 5.32 Å². The van der Waals surface area contributed by atoms with Crippen molar-refractivity contribution in [3.8, 4) is 10.4 Å². The Morgan fingerprint density at radius 3 is 2.38 bits per heavy atom. The number of hydrogen-bond donors (Lipinski definition) is 2. The Hall–Kier alpha value is -3.49. The third kappa shape index (κ3) is 4.87. The van der Waals surface area contributed by atoms with Gasteiger partial charge in [-0.15, -0.1) is 11.3 Å². The molecule has 0 saturated carbocycles. The predicted octanol–water partition coefficient (Wildman–Crippen LogP) is 4.83. The molecule has 0 spiro atoms. The number of nitrogens with one attached hydrogen (secondary N) is 1. The van der Waals surface area contributed by atoms with Crippen molar-refractivity contribution in [2.75, 3.05) is 0 Å². The van der Waals surface area contributed by atoms with Gasteiger partial charge in [0.15, 0.2) is 0 Å². The lowest BCUT2D eigenvalue weighted by atomic mass is 10.2. The van der Waals surface area contributed by atoms with Crippen molar-refractivity contribution in [1.82, 2.24) is 5.32 Å². The molecule has 1 heterocycles. The summed E-state index contributed by atoms with van der Waals surface area (Å²) in [6.07, 6.45) is 1.34. The number of nitro groups is 1. The van der Waals surface area contributed by atoms with Gasteiger partial charge >= 0.3 is 5.97 Å². The number of benzene rings is 2. The van der Waals surface area contributed by atoms with E-state index >= 15 is 0 Å². The maximum absolute atomic E-state index is 12.3. The molecule has 1 aromatic heterocycles. The molecular formula is C20H13ClN2O5S. The van der Waals surface area contributed by atoms with Crippen LogP contribution in [0.2, 0.25) is 5.02 Å². The summed E-state index contributed by atoms with van der Waals surface area (Å²) in [5.41, 5.74) is 0.443. The standard InChI is InChI=1S/C20H13ClN2O5S/c21-16-4-2-1-3-15(16)18-10-9-14(29-18)11-17(20(25)26)22-19(24)12-5-7-13(8-6-12)23(27)28/h1-11H,(H,22,24)(H,25,26)/b17-11+.